The van der Waals surface area contributed by atoms with Crippen molar-refractivity contribution in [2.75, 3.05) is 26.2 Å². The Hall–Kier alpha value is -4.20. The standard InChI is InChI=1S/C32H29N3O3S/c36-32(26-13-15-27(16-14-26)38-22-30-33-28(23-39-30)29-12-7-21-37-29)35-19-17-34(18-20-35)31(24-8-3-1-4-9-24)25-10-5-2-6-11-25/h1-16,21,23,31H,17-20,22H2. The second-order valence-corrected chi connectivity index (χ2v) is 10.4. The number of amides is 1. The number of benzene rings is 3. The van der Waals surface area contributed by atoms with E-state index < -0.39 is 0 Å². The molecule has 196 valence electrons. The molecule has 1 amide bonds. The number of ether oxygens (including phenoxy) is 1. The lowest BCUT2D eigenvalue weighted by Gasteiger charge is -2.39. The number of furan rings is 1. The lowest BCUT2D eigenvalue weighted by molar-refractivity contribution is 0.0597. The molecule has 1 aliphatic rings. The lowest BCUT2D eigenvalue weighted by Crippen LogP contribution is -2.49. The molecule has 1 saturated heterocycles. The highest BCUT2D eigenvalue weighted by molar-refractivity contribution is 7.09. The largest absolute Gasteiger partial charge is 0.486 e. The quantitative estimate of drug-likeness (QED) is 0.226. The summed E-state index contributed by atoms with van der Waals surface area (Å²) in [5.41, 5.74) is 4.03. The Morgan fingerprint density at radius 2 is 1.51 bits per heavy atom. The van der Waals surface area contributed by atoms with Crippen LogP contribution in [0.5, 0.6) is 5.75 Å². The minimum atomic E-state index is 0.0557. The number of carbonyl (C=O) groups excluding carboxylic acids is 1. The first-order valence-corrected chi connectivity index (χ1v) is 14.0. The second kappa shape index (κ2) is 11.7. The molecule has 0 aliphatic carbocycles. The van der Waals surface area contributed by atoms with E-state index in [1.54, 1.807) is 6.26 Å². The summed E-state index contributed by atoms with van der Waals surface area (Å²) in [7, 11) is 0. The van der Waals surface area contributed by atoms with Gasteiger partial charge in [-0.1, -0.05) is 60.7 Å². The molecule has 1 fully saturated rings. The van der Waals surface area contributed by atoms with Crippen molar-refractivity contribution in [1.29, 1.82) is 0 Å². The van der Waals surface area contributed by atoms with Gasteiger partial charge in [0.2, 0.25) is 0 Å². The van der Waals surface area contributed by atoms with Crippen molar-refractivity contribution in [1.82, 2.24) is 14.8 Å². The van der Waals surface area contributed by atoms with Gasteiger partial charge in [0, 0.05) is 37.1 Å². The number of piperazine rings is 1. The van der Waals surface area contributed by atoms with E-state index in [0.717, 1.165) is 29.6 Å². The van der Waals surface area contributed by atoms with Crippen LogP contribution in [-0.4, -0.2) is 46.9 Å². The third kappa shape index (κ3) is 5.79. The van der Waals surface area contributed by atoms with E-state index in [1.165, 1.54) is 22.5 Å². The topological polar surface area (TPSA) is 58.8 Å². The molecule has 0 bridgehead atoms. The van der Waals surface area contributed by atoms with Gasteiger partial charge in [0.1, 0.15) is 23.1 Å². The van der Waals surface area contributed by atoms with Gasteiger partial charge in [-0.3, -0.25) is 9.69 Å². The zero-order chi connectivity index (χ0) is 26.4. The average Bonchev–Trinajstić information content (AvgIpc) is 3.71. The zero-order valence-corrected chi connectivity index (χ0v) is 22.3. The Kier molecular flexibility index (Phi) is 7.52. The van der Waals surface area contributed by atoms with Gasteiger partial charge in [0.15, 0.2) is 5.76 Å². The Bertz CT molecular complexity index is 1440. The Balaban J connectivity index is 1.05. The molecule has 6 rings (SSSR count). The molecule has 0 unspecified atom stereocenters. The fraction of sp³-hybridized carbons (Fsp3) is 0.188. The van der Waals surface area contributed by atoms with Gasteiger partial charge in [-0.15, -0.1) is 11.3 Å². The minimum Gasteiger partial charge on any atom is -0.486 e. The maximum Gasteiger partial charge on any atom is 0.253 e. The zero-order valence-electron chi connectivity index (χ0n) is 21.5. The average molecular weight is 536 g/mol. The third-order valence-electron chi connectivity index (χ3n) is 6.99. The number of rotatable bonds is 8. The van der Waals surface area contributed by atoms with Gasteiger partial charge < -0.3 is 14.1 Å². The Labute approximate surface area is 232 Å². The van der Waals surface area contributed by atoms with E-state index >= 15 is 0 Å². The molecule has 0 atom stereocenters. The molecule has 0 saturated carbocycles. The van der Waals surface area contributed by atoms with E-state index in [9.17, 15) is 4.79 Å². The molecule has 0 spiro atoms. The molecule has 1 aliphatic heterocycles. The number of carbonyl (C=O) groups is 1. The molecule has 3 aromatic carbocycles. The van der Waals surface area contributed by atoms with Crippen LogP contribution in [0, 0.1) is 0 Å². The second-order valence-electron chi connectivity index (χ2n) is 9.47. The lowest BCUT2D eigenvalue weighted by atomic mass is 9.96. The highest BCUT2D eigenvalue weighted by atomic mass is 32.1. The summed E-state index contributed by atoms with van der Waals surface area (Å²) in [6.07, 6.45) is 1.64. The predicted octanol–water partition coefficient (Wildman–Crippen LogP) is 6.53. The molecule has 5 aromatic rings. The first-order chi connectivity index (χ1) is 19.2. The molecular weight excluding hydrogens is 506 g/mol. The monoisotopic (exact) mass is 535 g/mol. The van der Waals surface area contributed by atoms with Crippen LogP contribution in [0.25, 0.3) is 11.5 Å². The molecule has 7 heteroatoms. The van der Waals surface area contributed by atoms with Gasteiger partial charge in [-0.25, -0.2) is 4.98 Å². The van der Waals surface area contributed by atoms with Crippen molar-refractivity contribution in [3.05, 3.63) is 130 Å². The van der Waals surface area contributed by atoms with Crippen molar-refractivity contribution in [3.8, 4) is 17.2 Å². The highest BCUT2D eigenvalue weighted by Crippen LogP contribution is 2.30. The Morgan fingerprint density at radius 1 is 0.846 bits per heavy atom. The fourth-order valence-corrected chi connectivity index (χ4v) is 5.70. The molecule has 6 nitrogen and oxygen atoms in total. The van der Waals surface area contributed by atoms with Crippen LogP contribution in [0.4, 0.5) is 0 Å². The minimum absolute atomic E-state index is 0.0557. The van der Waals surface area contributed by atoms with Crippen molar-refractivity contribution in [2.24, 2.45) is 0 Å². The number of nitrogens with zero attached hydrogens (tertiary/aromatic N) is 3. The van der Waals surface area contributed by atoms with Crippen LogP contribution in [-0.2, 0) is 6.61 Å². The van der Waals surface area contributed by atoms with Crippen molar-refractivity contribution in [2.45, 2.75) is 12.6 Å². The normalized spacial score (nSPS) is 14.0. The van der Waals surface area contributed by atoms with Crippen LogP contribution >= 0.6 is 11.3 Å². The van der Waals surface area contributed by atoms with Gasteiger partial charge >= 0.3 is 0 Å². The SMILES string of the molecule is O=C(c1ccc(OCc2nc(-c3ccco3)cs2)cc1)N1CCN(C(c2ccccc2)c2ccccc2)CC1. The first kappa shape index (κ1) is 25.1. The van der Waals surface area contributed by atoms with E-state index in [-0.39, 0.29) is 11.9 Å². The number of thiazole rings is 1. The number of hydrogen-bond donors (Lipinski definition) is 0. The van der Waals surface area contributed by atoms with Gasteiger partial charge in [0.05, 0.1) is 12.3 Å². The van der Waals surface area contributed by atoms with Crippen LogP contribution in [0.1, 0.15) is 32.5 Å². The number of aromatic nitrogens is 1. The van der Waals surface area contributed by atoms with Gasteiger partial charge in [-0.05, 0) is 47.5 Å². The van der Waals surface area contributed by atoms with Crippen LogP contribution in [0.2, 0.25) is 0 Å². The fourth-order valence-electron chi connectivity index (χ4n) is 5.00. The molecule has 3 heterocycles. The summed E-state index contributed by atoms with van der Waals surface area (Å²) in [5.74, 6) is 1.51. The maximum absolute atomic E-state index is 13.3. The summed E-state index contributed by atoms with van der Waals surface area (Å²) >= 11 is 1.53. The summed E-state index contributed by atoms with van der Waals surface area (Å²) < 4.78 is 11.3. The van der Waals surface area contributed by atoms with Crippen LogP contribution < -0.4 is 4.74 Å². The first-order valence-electron chi connectivity index (χ1n) is 13.1. The van der Waals surface area contributed by atoms with Crippen molar-refractivity contribution in [3.63, 3.8) is 0 Å². The highest BCUT2D eigenvalue weighted by Gasteiger charge is 2.28. The van der Waals surface area contributed by atoms with Gasteiger partial charge in [0.25, 0.3) is 5.91 Å². The molecular formula is C32H29N3O3S. The van der Waals surface area contributed by atoms with Gasteiger partial charge in [-0.2, -0.15) is 0 Å². The number of hydrogen-bond acceptors (Lipinski definition) is 6. The van der Waals surface area contributed by atoms with E-state index in [0.29, 0.717) is 31.0 Å². The Morgan fingerprint density at radius 3 is 2.13 bits per heavy atom. The van der Waals surface area contributed by atoms with E-state index in [4.69, 9.17) is 9.15 Å². The summed E-state index contributed by atoms with van der Waals surface area (Å²) in [6.45, 7) is 3.37. The van der Waals surface area contributed by atoms with Crippen LogP contribution in [0.3, 0.4) is 0 Å². The van der Waals surface area contributed by atoms with E-state index in [1.807, 2.05) is 46.7 Å². The predicted molar refractivity (Wildman–Crippen MR) is 153 cm³/mol. The summed E-state index contributed by atoms with van der Waals surface area (Å²) in [6, 6.07) is 32.5. The molecule has 0 N–H and O–H groups in total. The molecule has 2 aromatic heterocycles. The maximum atomic E-state index is 13.3. The third-order valence-corrected chi connectivity index (χ3v) is 7.81. The smallest absolute Gasteiger partial charge is 0.253 e. The van der Waals surface area contributed by atoms with Crippen molar-refractivity contribution < 1.29 is 13.9 Å². The summed E-state index contributed by atoms with van der Waals surface area (Å²) in [5, 5.41) is 2.82. The van der Waals surface area contributed by atoms with E-state index in [2.05, 4.69) is 70.5 Å². The van der Waals surface area contributed by atoms with Crippen LogP contribution in [0.15, 0.2) is 113 Å². The summed E-state index contributed by atoms with van der Waals surface area (Å²) in [4.78, 5) is 22.3. The molecule has 39 heavy (non-hydrogen) atoms. The van der Waals surface area contributed by atoms with Crippen molar-refractivity contribution >= 4 is 17.2 Å². The molecule has 0 radical (unpaired) electrons.